The van der Waals surface area contributed by atoms with E-state index in [1.807, 2.05) is 11.0 Å². The Kier molecular flexibility index (Phi) is 6.16. The summed E-state index contributed by atoms with van der Waals surface area (Å²) >= 11 is 0. The molecule has 0 aliphatic carbocycles. The second-order valence-corrected chi connectivity index (χ2v) is 8.88. The lowest BCUT2D eigenvalue weighted by atomic mass is 10.0. The Morgan fingerprint density at radius 2 is 1.95 bits per heavy atom. The van der Waals surface area contributed by atoms with Gasteiger partial charge in [-0.3, -0.25) is 4.68 Å². The Balaban J connectivity index is 1.30. The van der Waals surface area contributed by atoms with Crippen molar-refractivity contribution in [1.29, 1.82) is 5.26 Å². The minimum atomic E-state index is -0.585. The first-order valence-electron chi connectivity index (χ1n) is 11.6. The molecule has 0 spiro atoms. The van der Waals surface area contributed by atoms with Gasteiger partial charge in [-0.25, -0.2) is 28.6 Å². The zero-order chi connectivity index (χ0) is 26.3. The molecule has 37 heavy (non-hydrogen) atoms. The van der Waals surface area contributed by atoms with Crippen LogP contribution < -0.4 is 10.6 Å². The molecule has 5 rings (SSSR count). The number of hydrogen-bond donors (Lipinski definition) is 1. The molecule has 2 aliphatic heterocycles. The number of anilines is 2. The normalized spacial score (nSPS) is 17.4. The average Bonchev–Trinajstić information content (AvgIpc) is 3.48. The first-order valence-corrected chi connectivity index (χ1v) is 11.6. The van der Waals surface area contributed by atoms with Crippen LogP contribution in [0.25, 0.3) is 11.4 Å². The number of nitrogens with two attached hydrogens (primary N) is 1. The van der Waals surface area contributed by atoms with Gasteiger partial charge in [-0.2, -0.15) is 15.5 Å². The molecule has 2 amide bonds. The maximum Gasteiger partial charge on any atom is 0.341 e. The van der Waals surface area contributed by atoms with E-state index in [2.05, 4.69) is 20.2 Å². The summed E-state index contributed by atoms with van der Waals surface area (Å²) < 4.78 is 30.1. The number of benzene rings is 1. The number of nitrogen functional groups attached to an aromatic ring is 1. The molecule has 1 atom stereocenters. The van der Waals surface area contributed by atoms with E-state index in [-0.39, 0.29) is 17.3 Å². The molecular formula is C24H24F2N10O. The fraction of sp³-hybridized carbons (Fsp3) is 0.333. The fourth-order valence-corrected chi connectivity index (χ4v) is 4.64. The number of carbonyl (C=O) groups is 1. The summed E-state index contributed by atoms with van der Waals surface area (Å²) in [6.45, 7) is 3.31. The highest BCUT2D eigenvalue weighted by Gasteiger charge is 2.34. The maximum absolute atomic E-state index is 14.6. The second-order valence-electron chi connectivity index (χ2n) is 8.88. The van der Waals surface area contributed by atoms with Gasteiger partial charge >= 0.3 is 6.03 Å². The molecule has 2 aliphatic rings. The van der Waals surface area contributed by atoms with Gasteiger partial charge < -0.3 is 15.5 Å². The maximum atomic E-state index is 14.6. The zero-order valence-electron chi connectivity index (χ0n) is 20.3. The number of aryl methyl sites for hydroxylation is 1. The third-order valence-corrected chi connectivity index (χ3v) is 6.57. The first kappa shape index (κ1) is 24.1. The highest BCUT2D eigenvalue weighted by atomic mass is 19.1. The quantitative estimate of drug-likeness (QED) is 0.577. The number of hydrazone groups is 1. The van der Waals surface area contributed by atoms with Crippen molar-refractivity contribution in [1.82, 2.24) is 29.7 Å². The number of nitrogens with zero attached hydrogens (tertiary/aromatic N) is 9. The zero-order valence-corrected chi connectivity index (χ0v) is 20.3. The van der Waals surface area contributed by atoms with Crippen molar-refractivity contribution >= 4 is 24.0 Å². The van der Waals surface area contributed by atoms with Gasteiger partial charge in [0.25, 0.3) is 0 Å². The minimum absolute atomic E-state index is 0.105. The smallest absolute Gasteiger partial charge is 0.341 e. The number of hydrogen-bond acceptors (Lipinski definition) is 8. The molecule has 3 aromatic rings. The second kappa shape index (κ2) is 9.45. The molecule has 0 bridgehead atoms. The summed E-state index contributed by atoms with van der Waals surface area (Å²) in [5.74, 6) is -0.485. The van der Waals surface area contributed by atoms with Gasteiger partial charge in [0.15, 0.2) is 5.82 Å². The van der Waals surface area contributed by atoms with Crippen LogP contribution >= 0.6 is 0 Å². The molecule has 11 nitrogen and oxygen atoms in total. The van der Waals surface area contributed by atoms with Crippen LogP contribution in [0.1, 0.15) is 29.2 Å². The SMILES string of the molecule is Cc1c(N)nn(C)c1-c1nc(N2CCN(C(=O)N3N=CC[C@H]3c3cc(F)cc(C#N)c3)CC2)ncc1F. The molecule has 4 heterocycles. The third-order valence-electron chi connectivity index (χ3n) is 6.57. The number of halogens is 2. The number of piperazine rings is 1. The van der Waals surface area contributed by atoms with Gasteiger partial charge in [-0.15, -0.1) is 0 Å². The Labute approximate surface area is 211 Å². The molecule has 0 radical (unpaired) electrons. The molecular weight excluding hydrogens is 482 g/mol. The lowest BCUT2D eigenvalue weighted by Gasteiger charge is -2.37. The van der Waals surface area contributed by atoms with E-state index in [0.29, 0.717) is 61.2 Å². The van der Waals surface area contributed by atoms with Crippen LogP contribution in [0.15, 0.2) is 29.5 Å². The summed E-state index contributed by atoms with van der Waals surface area (Å²) in [5, 5.41) is 18.9. The Bertz CT molecular complexity index is 1440. The number of amides is 2. The van der Waals surface area contributed by atoms with Crippen LogP contribution in [-0.4, -0.2) is 68.1 Å². The lowest BCUT2D eigenvalue weighted by molar-refractivity contribution is 0.139. The van der Waals surface area contributed by atoms with E-state index in [0.717, 1.165) is 12.3 Å². The van der Waals surface area contributed by atoms with Crippen molar-refractivity contribution < 1.29 is 13.6 Å². The Hall–Kier alpha value is -4.60. The van der Waals surface area contributed by atoms with Crippen molar-refractivity contribution in [2.24, 2.45) is 12.1 Å². The van der Waals surface area contributed by atoms with Crippen molar-refractivity contribution in [3.05, 3.63) is 52.7 Å². The van der Waals surface area contributed by atoms with Crippen LogP contribution in [-0.2, 0) is 7.05 Å². The Morgan fingerprint density at radius 1 is 1.19 bits per heavy atom. The molecule has 0 saturated carbocycles. The van der Waals surface area contributed by atoms with Gasteiger partial charge in [0.2, 0.25) is 5.95 Å². The molecule has 1 fully saturated rings. The molecule has 2 N–H and O–H groups in total. The van der Waals surface area contributed by atoms with Crippen LogP contribution in [0.4, 0.5) is 25.3 Å². The molecule has 0 unspecified atom stereocenters. The van der Waals surface area contributed by atoms with E-state index in [1.165, 1.54) is 15.8 Å². The van der Waals surface area contributed by atoms with Crippen LogP contribution in [0.3, 0.4) is 0 Å². The fourth-order valence-electron chi connectivity index (χ4n) is 4.64. The Morgan fingerprint density at radius 3 is 2.62 bits per heavy atom. The summed E-state index contributed by atoms with van der Waals surface area (Å²) in [6, 6.07) is 5.17. The summed E-state index contributed by atoms with van der Waals surface area (Å²) in [4.78, 5) is 25.4. The van der Waals surface area contributed by atoms with E-state index < -0.39 is 17.7 Å². The molecule has 1 aromatic carbocycles. The largest absolute Gasteiger partial charge is 0.382 e. The summed E-state index contributed by atoms with van der Waals surface area (Å²) in [6.07, 6.45) is 3.15. The average molecular weight is 507 g/mol. The molecule has 1 saturated heterocycles. The molecule has 13 heteroatoms. The number of urea groups is 1. The van der Waals surface area contributed by atoms with Crippen molar-refractivity contribution in [3.63, 3.8) is 0 Å². The van der Waals surface area contributed by atoms with E-state index >= 15 is 0 Å². The minimum Gasteiger partial charge on any atom is -0.382 e. The monoisotopic (exact) mass is 506 g/mol. The van der Waals surface area contributed by atoms with Gasteiger partial charge in [0.05, 0.1) is 29.6 Å². The standard InChI is InChI=1S/C24H24F2N10O/c1-14-21(33(2)32-22(14)28)20-18(26)13-29-23(31-20)34-5-7-35(8-6-34)24(37)36-19(3-4-30-36)16-9-15(12-27)10-17(25)11-16/h4,9-11,13,19H,3,5-8H2,1-2H3,(H2,28,32)/t19-/m0/s1. The first-order chi connectivity index (χ1) is 17.8. The van der Waals surface area contributed by atoms with Crippen LogP contribution in [0.2, 0.25) is 0 Å². The number of rotatable bonds is 3. The van der Waals surface area contributed by atoms with Gasteiger partial charge in [-0.1, -0.05) is 0 Å². The third kappa shape index (κ3) is 4.42. The van der Waals surface area contributed by atoms with Crippen molar-refractivity contribution in [3.8, 4) is 17.5 Å². The van der Waals surface area contributed by atoms with Crippen molar-refractivity contribution in [2.45, 2.75) is 19.4 Å². The number of aromatic nitrogens is 4. The highest BCUT2D eigenvalue weighted by molar-refractivity contribution is 5.79. The van der Waals surface area contributed by atoms with Crippen LogP contribution in [0, 0.1) is 29.9 Å². The highest BCUT2D eigenvalue weighted by Crippen LogP contribution is 2.31. The molecule has 2 aromatic heterocycles. The predicted octanol–water partition coefficient (Wildman–Crippen LogP) is 2.59. The number of nitriles is 1. The van der Waals surface area contributed by atoms with Crippen LogP contribution in [0.5, 0.6) is 0 Å². The molecule has 190 valence electrons. The summed E-state index contributed by atoms with van der Waals surface area (Å²) in [7, 11) is 1.67. The topological polar surface area (TPSA) is 133 Å². The van der Waals surface area contributed by atoms with Gasteiger partial charge in [0, 0.05) is 51.4 Å². The van der Waals surface area contributed by atoms with E-state index in [1.54, 1.807) is 31.2 Å². The van der Waals surface area contributed by atoms with Gasteiger partial charge in [0.1, 0.15) is 17.3 Å². The van der Waals surface area contributed by atoms with Crippen molar-refractivity contribution in [2.75, 3.05) is 36.8 Å². The van der Waals surface area contributed by atoms with Gasteiger partial charge in [-0.05, 0) is 30.7 Å². The lowest BCUT2D eigenvalue weighted by Crippen LogP contribution is -2.52. The summed E-state index contributed by atoms with van der Waals surface area (Å²) in [5.41, 5.74) is 7.79. The number of carbonyl (C=O) groups excluding carboxylic acids is 1. The van der Waals surface area contributed by atoms with E-state index in [4.69, 9.17) is 5.73 Å². The van der Waals surface area contributed by atoms with E-state index in [9.17, 15) is 18.8 Å². The predicted molar refractivity (Wildman–Crippen MR) is 131 cm³/mol.